The van der Waals surface area contributed by atoms with E-state index in [9.17, 15) is 0 Å². The van der Waals surface area contributed by atoms with E-state index in [0.29, 0.717) is 12.0 Å². The van der Waals surface area contributed by atoms with Crippen molar-refractivity contribution < 1.29 is 14.2 Å². The minimum Gasteiger partial charge on any atom is -0.493 e. The van der Waals surface area contributed by atoms with E-state index in [1.165, 1.54) is 17.5 Å². The molecule has 0 spiro atoms. The average Bonchev–Trinajstić information content (AvgIpc) is 2.49. The summed E-state index contributed by atoms with van der Waals surface area (Å²) in [4.78, 5) is 2.26. The second-order valence-corrected chi connectivity index (χ2v) is 7.02. The van der Waals surface area contributed by atoms with Gasteiger partial charge in [-0.05, 0) is 69.5 Å². The van der Waals surface area contributed by atoms with Crippen LogP contribution in [0.15, 0.2) is 12.1 Å². The lowest BCUT2D eigenvalue weighted by molar-refractivity contribution is -0.161. The number of ether oxygens (including phenoxy) is 3. The normalized spacial score (nSPS) is 30.1. The molecule has 3 rings (SSSR count). The Hall–Kier alpha value is -1.26. The average molecular weight is 305 g/mol. The van der Waals surface area contributed by atoms with Crippen LogP contribution in [-0.4, -0.2) is 45.9 Å². The molecule has 0 aromatic heterocycles. The third-order valence-electron chi connectivity index (χ3n) is 5.13. The number of hydrogen-bond acceptors (Lipinski definition) is 4. The van der Waals surface area contributed by atoms with E-state index in [2.05, 4.69) is 38.1 Å². The van der Waals surface area contributed by atoms with Crippen LogP contribution in [0.2, 0.25) is 0 Å². The fourth-order valence-electron chi connectivity index (χ4n) is 4.02. The van der Waals surface area contributed by atoms with Crippen LogP contribution in [0.4, 0.5) is 0 Å². The summed E-state index contributed by atoms with van der Waals surface area (Å²) >= 11 is 0. The summed E-state index contributed by atoms with van der Waals surface area (Å²) in [5, 5.41) is 0. The summed E-state index contributed by atoms with van der Waals surface area (Å²) in [6.45, 7) is 3.30. The quantitative estimate of drug-likeness (QED) is 0.856. The topological polar surface area (TPSA) is 30.9 Å². The van der Waals surface area contributed by atoms with Gasteiger partial charge < -0.3 is 19.1 Å². The van der Waals surface area contributed by atoms with Crippen LogP contribution in [0.25, 0.3) is 0 Å². The lowest BCUT2D eigenvalue weighted by Crippen LogP contribution is -2.48. The molecule has 2 aliphatic heterocycles. The highest BCUT2D eigenvalue weighted by molar-refractivity contribution is 5.50. The number of methoxy groups -OCH3 is 2. The first-order valence-electron chi connectivity index (χ1n) is 8.05. The molecular weight excluding hydrogens is 278 g/mol. The van der Waals surface area contributed by atoms with Gasteiger partial charge in [-0.2, -0.15) is 0 Å². The molecule has 0 radical (unpaired) electrons. The Morgan fingerprint density at radius 2 is 1.91 bits per heavy atom. The molecule has 3 atom stereocenters. The standard InChI is InChI=1S/C18H27NO3/c1-18-7-6-12(11-19(2)3)15(22-18)8-13-9-16(20-4)17(21-5)10-14(13)18/h9-10,12,15H,6-8,11H2,1-5H3/t12-,15-,18-/m0/s1. The van der Waals surface area contributed by atoms with Crippen molar-refractivity contribution in [3.05, 3.63) is 23.3 Å². The zero-order valence-corrected chi connectivity index (χ0v) is 14.3. The zero-order valence-electron chi connectivity index (χ0n) is 14.3. The van der Waals surface area contributed by atoms with Crippen LogP contribution < -0.4 is 9.47 Å². The molecular formula is C18H27NO3. The minimum atomic E-state index is -0.194. The highest BCUT2D eigenvalue weighted by atomic mass is 16.5. The first kappa shape index (κ1) is 15.6. The summed E-state index contributed by atoms with van der Waals surface area (Å²) < 4.78 is 17.4. The van der Waals surface area contributed by atoms with Gasteiger partial charge in [-0.3, -0.25) is 0 Å². The van der Waals surface area contributed by atoms with Gasteiger partial charge in [0.2, 0.25) is 0 Å². The molecule has 1 saturated heterocycles. The molecule has 0 unspecified atom stereocenters. The van der Waals surface area contributed by atoms with E-state index in [1.807, 2.05) is 0 Å². The van der Waals surface area contributed by atoms with Crippen molar-refractivity contribution in [1.82, 2.24) is 4.90 Å². The van der Waals surface area contributed by atoms with Gasteiger partial charge >= 0.3 is 0 Å². The Morgan fingerprint density at radius 3 is 2.55 bits per heavy atom. The minimum absolute atomic E-state index is 0.194. The van der Waals surface area contributed by atoms with Crippen LogP contribution in [0.3, 0.4) is 0 Å². The summed E-state index contributed by atoms with van der Waals surface area (Å²) in [7, 11) is 7.66. The van der Waals surface area contributed by atoms with Gasteiger partial charge in [-0.25, -0.2) is 0 Å². The molecule has 122 valence electrons. The maximum Gasteiger partial charge on any atom is 0.161 e. The predicted molar refractivity (Wildman–Crippen MR) is 86.8 cm³/mol. The van der Waals surface area contributed by atoms with Gasteiger partial charge in [-0.15, -0.1) is 0 Å². The van der Waals surface area contributed by atoms with Crippen LogP contribution in [0.5, 0.6) is 11.5 Å². The number of benzene rings is 1. The maximum absolute atomic E-state index is 6.50. The first-order valence-corrected chi connectivity index (χ1v) is 8.05. The van der Waals surface area contributed by atoms with Crippen molar-refractivity contribution in [1.29, 1.82) is 0 Å². The Bertz CT molecular complexity index is 558. The lowest BCUT2D eigenvalue weighted by Gasteiger charge is -2.48. The molecule has 0 saturated carbocycles. The van der Waals surface area contributed by atoms with Crippen molar-refractivity contribution in [2.45, 2.75) is 37.9 Å². The second-order valence-electron chi connectivity index (χ2n) is 7.02. The van der Waals surface area contributed by atoms with Crippen LogP contribution in [0, 0.1) is 5.92 Å². The van der Waals surface area contributed by atoms with E-state index >= 15 is 0 Å². The Kier molecular flexibility index (Phi) is 4.08. The maximum atomic E-state index is 6.50. The van der Waals surface area contributed by atoms with Crippen molar-refractivity contribution in [2.24, 2.45) is 5.92 Å². The molecule has 0 N–H and O–H groups in total. The largest absolute Gasteiger partial charge is 0.493 e. The summed E-state index contributed by atoms with van der Waals surface area (Å²) in [6, 6.07) is 4.25. The third kappa shape index (κ3) is 2.59. The summed E-state index contributed by atoms with van der Waals surface area (Å²) in [6.07, 6.45) is 3.54. The lowest BCUT2D eigenvalue weighted by atomic mass is 9.73. The van der Waals surface area contributed by atoms with Gasteiger partial charge in [0.15, 0.2) is 11.5 Å². The molecule has 1 aromatic carbocycles. The fourth-order valence-corrected chi connectivity index (χ4v) is 4.02. The zero-order chi connectivity index (χ0) is 15.9. The van der Waals surface area contributed by atoms with E-state index < -0.39 is 0 Å². The van der Waals surface area contributed by atoms with Crippen LogP contribution in [-0.2, 0) is 16.8 Å². The molecule has 4 heteroatoms. The molecule has 2 aliphatic rings. The van der Waals surface area contributed by atoms with Crippen molar-refractivity contribution in [2.75, 3.05) is 34.9 Å². The SMILES string of the molecule is COc1cc2c(cc1OC)[C@]1(C)CC[C@@H](CN(C)C)[C@H](C2)O1. The van der Waals surface area contributed by atoms with Gasteiger partial charge in [0, 0.05) is 6.54 Å². The molecule has 2 heterocycles. The predicted octanol–water partition coefficient (Wildman–Crippen LogP) is 2.83. The molecule has 2 bridgehead atoms. The molecule has 0 amide bonds. The smallest absolute Gasteiger partial charge is 0.161 e. The van der Waals surface area contributed by atoms with E-state index in [-0.39, 0.29) is 5.60 Å². The first-order chi connectivity index (χ1) is 10.5. The van der Waals surface area contributed by atoms with E-state index in [1.54, 1.807) is 14.2 Å². The molecule has 4 nitrogen and oxygen atoms in total. The van der Waals surface area contributed by atoms with Gasteiger partial charge in [0.1, 0.15) is 0 Å². The van der Waals surface area contributed by atoms with Gasteiger partial charge in [-0.1, -0.05) is 0 Å². The Morgan fingerprint density at radius 1 is 1.23 bits per heavy atom. The summed E-state index contributed by atoms with van der Waals surface area (Å²) in [5.41, 5.74) is 2.42. The van der Waals surface area contributed by atoms with E-state index in [0.717, 1.165) is 30.9 Å². The third-order valence-corrected chi connectivity index (χ3v) is 5.13. The highest BCUT2D eigenvalue weighted by Gasteiger charge is 2.45. The Labute approximate surface area is 133 Å². The van der Waals surface area contributed by atoms with Gasteiger partial charge in [0.25, 0.3) is 0 Å². The van der Waals surface area contributed by atoms with E-state index in [4.69, 9.17) is 14.2 Å². The molecule has 0 aliphatic carbocycles. The fraction of sp³-hybridized carbons (Fsp3) is 0.667. The number of nitrogens with zero attached hydrogens (tertiary/aromatic N) is 1. The van der Waals surface area contributed by atoms with Crippen molar-refractivity contribution >= 4 is 0 Å². The van der Waals surface area contributed by atoms with Crippen LogP contribution in [0.1, 0.15) is 30.9 Å². The number of hydrogen-bond donors (Lipinski definition) is 0. The van der Waals surface area contributed by atoms with Crippen molar-refractivity contribution in [3.8, 4) is 11.5 Å². The Balaban J connectivity index is 1.97. The monoisotopic (exact) mass is 305 g/mol. The van der Waals surface area contributed by atoms with Crippen LogP contribution >= 0.6 is 0 Å². The second kappa shape index (κ2) is 5.74. The summed E-state index contributed by atoms with van der Waals surface area (Å²) in [5.74, 6) is 2.21. The van der Waals surface area contributed by atoms with Gasteiger partial charge in [0.05, 0.1) is 25.9 Å². The molecule has 1 fully saturated rings. The molecule has 22 heavy (non-hydrogen) atoms. The number of fused-ring (bicyclic) bond motifs is 4. The van der Waals surface area contributed by atoms with Crippen molar-refractivity contribution in [3.63, 3.8) is 0 Å². The molecule has 1 aromatic rings. The highest BCUT2D eigenvalue weighted by Crippen LogP contribution is 2.48. The number of rotatable bonds is 4.